The van der Waals surface area contributed by atoms with E-state index in [1.54, 1.807) is 7.11 Å². The van der Waals surface area contributed by atoms with Crippen LogP contribution < -0.4 is 5.73 Å². The van der Waals surface area contributed by atoms with Crippen LogP contribution in [0.1, 0.15) is 30.2 Å². The maximum atomic E-state index is 6.07. The van der Waals surface area contributed by atoms with Crippen LogP contribution in [-0.4, -0.2) is 23.4 Å². The number of hydrogen-bond donors (Lipinski definition) is 1. The highest BCUT2D eigenvalue weighted by molar-refractivity contribution is 5.22. The molecule has 96 valence electrons. The van der Waals surface area contributed by atoms with Crippen molar-refractivity contribution in [2.45, 2.75) is 25.5 Å². The number of nitrogens with two attached hydrogens (primary N) is 1. The molecule has 0 aliphatic carbocycles. The van der Waals surface area contributed by atoms with Crippen molar-refractivity contribution < 1.29 is 9.26 Å². The lowest BCUT2D eigenvalue weighted by Crippen LogP contribution is -2.13. The van der Waals surface area contributed by atoms with Gasteiger partial charge in [-0.2, -0.15) is 4.98 Å². The van der Waals surface area contributed by atoms with E-state index in [0.29, 0.717) is 18.1 Å². The second kappa shape index (κ2) is 5.75. The standard InChI is InChI=1S/C13H17N3O2/c1-9(17-2)8-11-15-13(18-16-11)12(14)10-6-4-3-5-7-10/h3-7,9,12H,8,14H2,1-2H3. The Labute approximate surface area is 106 Å². The Morgan fingerprint density at radius 3 is 2.72 bits per heavy atom. The number of hydrogen-bond acceptors (Lipinski definition) is 5. The summed E-state index contributed by atoms with van der Waals surface area (Å²) in [5.41, 5.74) is 7.02. The fourth-order valence-electron chi connectivity index (χ4n) is 1.62. The smallest absolute Gasteiger partial charge is 0.248 e. The molecule has 2 unspecified atom stereocenters. The Hall–Kier alpha value is -1.72. The molecule has 0 radical (unpaired) electrons. The summed E-state index contributed by atoms with van der Waals surface area (Å²) >= 11 is 0. The molecule has 0 aliphatic rings. The molecule has 0 saturated carbocycles. The first-order chi connectivity index (χ1) is 8.70. The van der Waals surface area contributed by atoms with Crippen LogP contribution in [0, 0.1) is 0 Å². The molecule has 1 heterocycles. The average Bonchev–Trinajstić information content (AvgIpc) is 2.87. The highest BCUT2D eigenvalue weighted by atomic mass is 16.5. The maximum absolute atomic E-state index is 6.07. The fourth-order valence-corrected chi connectivity index (χ4v) is 1.62. The first-order valence-corrected chi connectivity index (χ1v) is 5.86. The molecular weight excluding hydrogens is 230 g/mol. The van der Waals surface area contributed by atoms with Gasteiger partial charge in [-0.1, -0.05) is 35.5 Å². The molecule has 0 fully saturated rings. The molecule has 5 heteroatoms. The van der Waals surface area contributed by atoms with Gasteiger partial charge in [-0.3, -0.25) is 0 Å². The number of methoxy groups -OCH3 is 1. The lowest BCUT2D eigenvalue weighted by atomic mass is 10.1. The first kappa shape index (κ1) is 12.7. The minimum absolute atomic E-state index is 0.0587. The second-order valence-electron chi connectivity index (χ2n) is 4.19. The summed E-state index contributed by atoms with van der Waals surface area (Å²) in [4.78, 5) is 4.29. The Kier molecular flexibility index (Phi) is 4.07. The van der Waals surface area contributed by atoms with Gasteiger partial charge in [0, 0.05) is 13.5 Å². The van der Waals surface area contributed by atoms with Gasteiger partial charge in [0.05, 0.1) is 6.10 Å². The van der Waals surface area contributed by atoms with Gasteiger partial charge in [0.25, 0.3) is 0 Å². The molecular formula is C13H17N3O2. The van der Waals surface area contributed by atoms with Crippen molar-refractivity contribution >= 4 is 0 Å². The molecule has 0 amide bonds. The van der Waals surface area contributed by atoms with Crippen molar-refractivity contribution in [1.82, 2.24) is 10.1 Å². The summed E-state index contributed by atoms with van der Waals surface area (Å²) in [6, 6.07) is 9.29. The lowest BCUT2D eigenvalue weighted by molar-refractivity contribution is 0.116. The van der Waals surface area contributed by atoms with E-state index >= 15 is 0 Å². The van der Waals surface area contributed by atoms with Crippen LogP contribution in [0.15, 0.2) is 34.9 Å². The third-order valence-corrected chi connectivity index (χ3v) is 2.78. The van der Waals surface area contributed by atoms with Crippen LogP contribution in [0.4, 0.5) is 0 Å². The zero-order chi connectivity index (χ0) is 13.0. The van der Waals surface area contributed by atoms with Gasteiger partial charge in [0.15, 0.2) is 5.82 Å². The van der Waals surface area contributed by atoms with E-state index in [4.69, 9.17) is 15.0 Å². The third kappa shape index (κ3) is 2.94. The van der Waals surface area contributed by atoms with Crippen molar-refractivity contribution in [2.24, 2.45) is 5.73 Å². The molecule has 0 spiro atoms. The quantitative estimate of drug-likeness (QED) is 0.870. The van der Waals surface area contributed by atoms with Gasteiger partial charge in [-0.15, -0.1) is 0 Å². The summed E-state index contributed by atoms with van der Waals surface area (Å²) in [6.45, 7) is 1.95. The van der Waals surface area contributed by atoms with Crippen LogP contribution in [-0.2, 0) is 11.2 Å². The highest BCUT2D eigenvalue weighted by Crippen LogP contribution is 2.17. The lowest BCUT2D eigenvalue weighted by Gasteiger charge is -2.06. The Bertz CT molecular complexity index is 484. The minimum Gasteiger partial charge on any atom is -0.381 e. The molecule has 0 bridgehead atoms. The van der Waals surface area contributed by atoms with Crippen LogP contribution >= 0.6 is 0 Å². The van der Waals surface area contributed by atoms with E-state index in [9.17, 15) is 0 Å². The minimum atomic E-state index is -0.384. The van der Waals surface area contributed by atoms with Gasteiger partial charge in [-0.25, -0.2) is 0 Å². The van der Waals surface area contributed by atoms with Gasteiger partial charge in [0.1, 0.15) is 6.04 Å². The second-order valence-corrected chi connectivity index (χ2v) is 4.19. The predicted octanol–water partition coefficient (Wildman–Crippen LogP) is 1.70. The zero-order valence-corrected chi connectivity index (χ0v) is 10.5. The van der Waals surface area contributed by atoms with E-state index in [-0.39, 0.29) is 12.1 Å². The molecule has 2 atom stereocenters. The van der Waals surface area contributed by atoms with E-state index in [2.05, 4.69) is 10.1 Å². The molecule has 1 aromatic heterocycles. The number of rotatable bonds is 5. The summed E-state index contributed by atoms with van der Waals surface area (Å²) in [6.07, 6.45) is 0.671. The molecule has 0 aliphatic heterocycles. The molecule has 18 heavy (non-hydrogen) atoms. The first-order valence-electron chi connectivity index (χ1n) is 5.86. The monoisotopic (exact) mass is 247 g/mol. The van der Waals surface area contributed by atoms with Gasteiger partial charge in [0.2, 0.25) is 5.89 Å². The van der Waals surface area contributed by atoms with Gasteiger partial charge >= 0.3 is 0 Å². The summed E-state index contributed by atoms with van der Waals surface area (Å²) in [5, 5.41) is 3.90. The summed E-state index contributed by atoms with van der Waals surface area (Å²) in [7, 11) is 1.65. The predicted molar refractivity (Wildman–Crippen MR) is 66.9 cm³/mol. The van der Waals surface area contributed by atoms with Crippen molar-refractivity contribution in [3.05, 3.63) is 47.6 Å². The fraction of sp³-hybridized carbons (Fsp3) is 0.385. The van der Waals surface area contributed by atoms with Crippen LogP contribution in [0.5, 0.6) is 0 Å². The van der Waals surface area contributed by atoms with E-state index in [1.807, 2.05) is 37.3 Å². The number of nitrogens with zero attached hydrogens (tertiary/aromatic N) is 2. The molecule has 0 saturated heterocycles. The Balaban J connectivity index is 2.10. The van der Waals surface area contributed by atoms with Crippen molar-refractivity contribution in [1.29, 1.82) is 0 Å². The van der Waals surface area contributed by atoms with E-state index < -0.39 is 0 Å². The van der Waals surface area contributed by atoms with Gasteiger partial charge in [-0.05, 0) is 12.5 Å². The van der Waals surface area contributed by atoms with E-state index in [0.717, 1.165) is 5.56 Å². The third-order valence-electron chi connectivity index (χ3n) is 2.78. The zero-order valence-electron chi connectivity index (χ0n) is 10.5. The van der Waals surface area contributed by atoms with Crippen molar-refractivity contribution in [3.8, 4) is 0 Å². The summed E-state index contributed by atoms with van der Waals surface area (Å²) in [5.74, 6) is 1.05. The SMILES string of the molecule is COC(C)Cc1noc(C(N)c2ccccc2)n1. The van der Waals surface area contributed by atoms with Crippen molar-refractivity contribution in [3.63, 3.8) is 0 Å². The number of benzene rings is 1. The normalized spacial score (nSPS) is 14.4. The molecule has 2 aromatic rings. The number of ether oxygens (including phenoxy) is 1. The Morgan fingerprint density at radius 2 is 2.06 bits per heavy atom. The highest BCUT2D eigenvalue weighted by Gasteiger charge is 2.17. The Morgan fingerprint density at radius 1 is 1.33 bits per heavy atom. The maximum Gasteiger partial charge on any atom is 0.248 e. The molecule has 2 N–H and O–H groups in total. The topological polar surface area (TPSA) is 74.2 Å². The van der Waals surface area contributed by atoms with Crippen LogP contribution in [0.3, 0.4) is 0 Å². The molecule has 2 rings (SSSR count). The van der Waals surface area contributed by atoms with Gasteiger partial charge < -0.3 is 15.0 Å². The summed E-state index contributed by atoms with van der Waals surface area (Å²) < 4.78 is 10.3. The molecule has 1 aromatic carbocycles. The molecule has 5 nitrogen and oxygen atoms in total. The average molecular weight is 247 g/mol. The van der Waals surface area contributed by atoms with Crippen LogP contribution in [0.25, 0.3) is 0 Å². The van der Waals surface area contributed by atoms with Crippen LogP contribution in [0.2, 0.25) is 0 Å². The largest absolute Gasteiger partial charge is 0.381 e. The number of aromatic nitrogens is 2. The van der Waals surface area contributed by atoms with E-state index in [1.165, 1.54) is 0 Å². The van der Waals surface area contributed by atoms with Crippen molar-refractivity contribution in [2.75, 3.05) is 7.11 Å².